The number of alkyl halides is 7. The van der Waals surface area contributed by atoms with E-state index in [0.29, 0.717) is 6.42 Å². The summed E-state index contributed by atoms with van der Waals surface area (Å²) in [6.07, 6.45) is -11.3. The zero-order valence-electron chi connectivity index (χ0n) is 8.85. The Morgan fingerprint density at radius 3 is 2.00 bits per heavy atom. The second-order valence-electron chi connectivity index (χ2n) is 5.25. The number of halogens is 7. The van der Waals surface area contributed by atoms with E-state index in [4.69, 9.17) is 11.6 Å². The molecule has 2 saturated carbocycles. The first kappa shape index (κ1) is 12.8. The molecule has 2 bridgehead atoms. The highest BCUT2D eigenvalue weighted by molar-refractivity contribution is 6.21. The molecule has 5 atom stereocenters. The van der Waals surface area contributed by atoms with Crippen molar-refractivity contribution in [3.8, 4) is 0 Å². The van der Waals surface area contributed by atoms with Gasteiger partial charge in [-0.2, -0.15) is 26.3 Å². The van der Waals surface area contributed by atoms with Gasteiger partial charge in [-0.25, -0.2) is 0 Å². The molecule has 1 aliphatic heterocycles. The summed E-state index contributed by atoms with van der Waals surface area (Å²) in [5.41, 5.74) is -3.97. The molecule has 8 heteroatoms. The van der Waals surface area contributed by atoms with E-state index in [1.807, 2.05) is 0 Å². The first-order chi connectivity index (χ1) is 8.09. The molecular formula is C10H9ClF6O. The third kappa shape index (κ3) is 1.25. The molecule has 18 heavy (non-hydrogen) atoms. The molecule has 1 heterocycles. The van der Waals surface area contributed by atoms with Gasteiger partial charge in [0.1, 0.15) is 0 Å². The number of hydrogen-bond acceptors (Lipinski definition) is 1. The topological polar surface area (TPSA) is 9.23 Å². The molecule has 2 aliphatic carbocycles. The summed E-state index contributed by atoms with van der Waals surface area (Å²) in [5.74, 6) is -2.53. The van der Waals surface area contributed by atoms with Crippen molar-refractivity contribution < 1.29 is 31.1 Å². The molecule has 0 amide bonds. The van der Waals surface area contributed by atoms with Crippen LogP contribution in [0.15, 0.2) is 0 Å². The first-order valence-electron chi connectivity index (χ1n) is 5.55. The van der Waals surface area contributed by atoms with Crippen LogP contribution in [0, 0.1) is 17.8 Å². The van der Waals surface area contributed by atoms with E-state index in [0.717, 1.165) is 0 Å². The zero-order valence-corrected chi connectivity index (χ0v) is 9.61. The van der Waals surface area contributed by atoms with E-state index in [2.05, 4.69) is 4.74 Å². The zero-order chi connectivity index (χ0) is 13.5. The summed E-state index contributed by atoms with van der Waals surface area (Å²) in [6.45, 7) is 0. The Balaban J connectivity index is 1.98. The van der Waals surface area contributed by atoms with Gasteiger partial charge in [-0.15, -0.1) is 11.6 Å². The summed E-state index contributed by atoms with van der Waals surface area (Å²) < 4.78 is 81.4. The quantitative estimate of drug-likeness (QED) is 0.491. The van der Waals surface area contributed by atoms with Crippen molar-refractivity contribution in [1.82, 2.24) is 0 Å². The van der Waals surface area contributed by atoms with Gasteiger partial charge in [0.15, 0.2) is 0 Å². The predicted molar refractivity (Wildman–Crippen MR) is 49.1 cm³/mol. The molecule has 3 unspecified atom stereocenters. The molecular weight excluding hydrogens is 286 g/mol. The van der Waals surface area contributed by atoms with Crippen molar-refractivity contribution in [1.29, 1.82) is 0 Å². The van der Waals surface area contributed by atoms with Crippen molar-refractivity contribution in [3.63, 3.8) is 0 Å². The van der Waals surface area contributed by atoms with Gasteiger partial charge < -0.3 is 4.74 Å². The first-order valence-corrected chi connectivity index (χ1v) is 5.98. The fraction of sp³-hybridized carbons (Fsp3) is 1.00. The smallest absolute Gasteiger partial charge is 0.354 e. The van der Waals surface area contributed by atoms with Crippen LogP contribution in [-0.4, -0.2) is 29.4 Å². The van der Waals surface area contributed by atoms with Crippen LogP contribution in [0.2, 0.25) is 0 Å². The van der Waals surface area contributed by atoms with Crippen LogP contribution in [0.1, 0.15) is 12.8 Å². The lowest BCUT2D eigenvalue weighted by molar-refractivity contribution is -0.470. The minimum atomic E-state index is -5.43. The minimum absolute atomic E-state index is 0.213. The van der Waals surface area contributed by atoms with Crippen LogP contribution in [0.3, 0.4) is 0 Å². The molecule has 3 rings (SSSR count). The summed E-state index contributed by atoms with van der Waals surface area (Å²) in [4.78, 5) is 0. The molecule has 0 radical (unpaired) electrons. The number of ether oxygens (including phenoxy) is 1. The van der Waals surface area contributed by atoms with E-state index in [1.165, 1.54) is 0 Å². The van der Waals surface area contributed by atoms with E-state index < -0.39 is 35.9 Å². The Hall–Kier alpha value is -0.170. The van der Waals surface area contributed by atoms with Crippen molar-refractivity contribution in [3.05, 3.63) is 0 Å². The predicted octanol–water partition coefficient (Wildman–Crippen LogP) is 3.51. The fourth-order valence-corrected chi connectivity index (χ4v) is 4.32. The maximum atomic E-state index is 12.8. The Kier molecular flexibility index (Phi) is 2.34. The average Bonchev–Trinajstić information content (AvgIpc) is 2.50. The number of rotatable bonds is 0. The van der Waals surface area contributed by atoms with Gasteiger partial charge in [-0.05, 0) is 18.8 Å². The molecule has 0 aromatic heterocycles. The summed E-state index contributed by atoms with van der Waals surface area (Å²) >= 11 is 5.88. The Bertz CT molecular complexity index is 362. The maximum absolute atomic E-state index is 12.8. The second kappa shape index (κ2) is 3.29. The van der Waals surface area contributed by atoms with Gasteiger partial charge in [0.2, 0.25) is 0 Å². The molecule has 104 valence electrons. The molecule has 0 spiro atoms. The lowest BCUT2D eigenvalue weighted by Gasteiger charge is -2.57. The highest BCUT2D eigenvalue weighted by Crippen LogP contribution is 2.69. The Labute approximate surface area is 103 Å². The molecule has 0 aromatic carbocycles. The fourth-order valence-electron chi connectivity index (χ4n) is 3.84. The highest BCUT2D eigenvalue weighted by Gasteiger charge is 2.86. The van der Waals surface area contributed by atoms with E-state index in [1.54, 1.807) is 0 Å². The van der Waals surface area contributed by atoms with Gasteiger partial charge in [-0.3, -0.25) is 0 Å². The van der Waals surface area contributed by atoms with Crippen LogP contribution in [0.25, 0.3) is 0 Å². The molecule has 1 nitrogen and oxygen atoms in total. The van der Waals surface area contributed by atoms with E-state index in [9.17, 15) is 26.3 Å². The molecule has 0 N–H and O–H groups in total. The lowest BCUT2D eigenvalue weighted by atomic mass is 9.68. The number of hydrogen-bond donors (Lipinski definition) is 0. The Morgan fingerprint density at radius 2 is 1.56 bits per heavy atom. The molecule has 0 aromatic rings. The van der Waals surface area contributed by atoms with Gasteiger partial charge >= 0.3 is 12.4 Å². The van der Waals surface area contributed by atoms with Gasteiger partial charge in [0, 0.05) is 17.2 Å². The summed E-state index contributed by atoms with van der Waals surface area (Å²) in [6, 6.07) is 0. The van der Waals surface area contributed by atoms with Crippen molar-refractivity contribution in [2.24, 2.45) is 17.8 Å². The number of fused-ring (bicyclic) bond motifs is 5. The summed E-state index contributed by atoms with van der Waals surface area (Å²) in [5, 5.41) is -0.365. The Morgan fingerprint density at radius 1 is 1.00 bits per heavy atom. The average molecular weight is 295 g/mol. The van der Waals surface area contributed by atoms with Gasteiger partial charge in [-0.1, -0.05) is 0 Å². The van der Waals surface area contributed by atoms with Crippen molar-refractivity contribution >= 4 is 11.6 Å². The SMILES string of the molecule is FC(F)(F)C1(C(F)(F)F)OC2C1[C@H]1CC(Cl)[C@H]2C1. The van der Waals surface area contributed by atoms with Crippen LogP contribution in [0.5, 0.6) is 0 Å². The van der Waals surface area contributed by atoms with Crippen molar-refractivity contribution in [2.45, 2.75) is 42.3 Å². The van der Waals surface area contributed by atoms with Crippen LogP contribution in [-0.2, 0) is 4.74 Å². The van der Waals surface area contributed by atoms with Crippen LogP contribution in [0.4, 0.5) is 26.3 Å². The second-order valence-corrected chi connectivity index (χ2v) is 5.81. The lowest BCUT2D eigenvalue weighted by Crippen LogP contribution is -2.76. The minimum Gasteiger partial charge on any atom is -0.354 e. The summed E-state index contributed by atoms with van der Waals surface area (Å²) in [7, 11) is 0. The standard InChI is InChI=1S/C10H9ClF6O/c11-5-2-3-1-4(5)7-6(3)8(18-7,9(12,13)14)10(15,16)17/h3-7H,1-2H2/t3-,4-,5?,6?,7?/m1/s1. The molecule has 1 saturated heterocycles. The molecule has 3 fully saturated rings. The molecule has 3 aliphatic rings. The third-order valence-electron chi connectivity index (χ3n) is 4.48. The normalized spacial score (nSPS) is 45.8. The van der Waals surface area contributed by atoms with Crippen molar-refractivity contribution in [2.75, 3.05) is 0 Å². The third-order valence-corrected chi connectivity index (χ3v) is 4.99. The van der Waals surface area contributed by atoms with E-state index >= 15 is 0 Å². The maximum Gasteiger partial charge on any atom is 0.426 e. The largest absolute Gasteiger partial charge is 0.426 e. The van der Waals surface area contributed by atoms with E-state index in [-0.39, 0.29) is 17.7 Å². The highest BCUT2D eigenvalue weighted by atomic mass is 35.5. The monoisotopic (exact) mass is 294 g/mol. The van der Waals surface area contributed by atoms with Crippen LogP contribution < -0.4 is 0 Å². The van der Waals surface area contributed by atoms with Gasteiger partial charge in [0.05, 0.1) is 6.10 Å². The van der Waals surface area contributed by atoms with Crippen LogP contribution >= 0.6 is 11.6 Å². The van der Waals surface area contributed by atoms with Gasteiger partial charge in [0.25, 0.3) is 5.60 Å².